The number of nitrogens with zero attached hydrogens (tertiary/aromatic N) is 4. The fraction of sp³-hybridized carbons (Fsp3) is 0.111. The highest BCUT2D eigenvalue weighted by molar-refractivity contribution is 6.30. The van der Waals surface area contributed by atoms with Gasteiger partial charge in [-0.15, -0.1) is 0 Å². The molecule has 0 radical (unpaired) electrons. The van der Waals surface area contributed by atoms with Gasteiger partial charge in [0.25, 0.3) is 0 Å². The van der Waals surface area contributed by atoms with Gasteiger partial charge in [-0.05, 0) is 24.3 Å². The minimum atomic E-state index is -1.05. The Hall–Kier alpha value is -1.91. The SMILES string of the molecule is N#CC(C#N)N=Nc1ccc(Cl)cc1. The Balaban J connectivity index is 2.75. The van der Waals surface area contributed by atoms with Gasteiger partial charge in [-0.25, -0.2) is 0 Å². The van der Waals surface area contributed by atoms with Crippen LogP contribution < -0.4 is 0 Å². The monoisotopic (exact) mass is 204 g/mol. The highest BCUT2D eigenvalue weighted by Gasteiger charge is 2.00. The van der Waals surface area contributed by atoms with Crippen molar-refractivity contribution in [3.63, 3.8) is 0 Å². The predicted molar refractivity (Wildman–Crippen MR) is 51.0 cm³/mol. The second-order valence-electron chi connectivity index (χ2n) is 2.35. The average Bonchev–Trinajstić information content (AvgIpc) is 2.22. The Morgan fingerprint density at radius 3 is 2.21 bits per heavy atom. The number of hydrogen-bond donors (Lipinski definition) is 0. The fourth-order valence-electron chi connectivity index (χ4n) is 0.713. The largest absolute Gasteiger partial charge is 0.242 e. The summed E-state index contributed by atoms with van der Waals surface area (Å²) in [5, 5.41) is 24.6. The average molecular weight is 205 g/mol. The first-order valence-corrected chi connectivity index (χ1v) is 4.09. The molecule has 1 aromatic rings. The lowest BCUT2D eigenvalue weighted by Gasteiger charge is -1.92. The molecule has 0 atom stereocenters. The molecule has 1 aromatic carbocycles. The Morgan fingerprint density at radius 2 is 1.71 bits per heavy atom. The molecule has 0 saturated heterocycles. The summed E-state index contributed by atoms with van der Waals surface area (Å²) in [6, 6.07) is 8.93. The first-order valence-electron chi connectivity index (χ1n) is 3.72. The molecule has 0 heterocycles. The van der Waals surface area contributed by atoms with Crippen LogP contribution >= 0.6 is 11.6 Å². The minimum Gasteiger partial charge on any atom is -0.195 e. The summed E-state index contributed by atoms with van der Waals surface area (Å²) in [4.78, 5) is 0. The second-order valence-corrected chi connectivity index (χ2v) is 2.79. The molecule has 0 aliphatic carbocycles. The summed E-state index contributed by atoms with van der Waals surface area (Å²) in [5.74, 6) is 0. The van der Waals surface area contributed by atoms with Crippen LogP contribution in [0.1, 0.15) is 0 Å². The summed E-state index contributed by atoms with van der Waals surface area (Å²) in [5.41, 5.74) is 0.560. The number of nitriles is 2. The summed E-state index contributed by atoms with van der Waals surface area (Å²) < 4.78 is 0. The number of azo groups is 1. The lowest BCUT2D eigenvalue weighted by Crippen LogP contribution is -1.92. The van der Waals surface area contributed by atoms with Gasteiger partial charge in [0.2, 0.25) is 6.04 Å². The van der Waals surface area contributed by atoms with Crippen molar-refractivity contribution in [1.29, 1.82) is 10.5 Å². The van der Waals surface area contributed by atoms with E-state index in [2.05, 4.69) is 10.2 Å². The molecule has 0 spiro atoms. The molecule has 1 rings (SSSR count). The van der Waals surface area contributed by atoms with Crippen molar-refractivity contribution in [3.05, 3.63) is 29.3 Å². The molecule has 0 N–H and O–H groups in total. The first-order chi connectivity index (χ1) is 6.76. The van der Waals surface area contributed by atoms with E-state index in [1.807, 2.05) is 0 Å². The number of halogens is 1. The highest BCUT2D eigenvalue weighted by Crippen LogP contribution is 2.16. The fourth-order valence-corrected chi connectivity index (χ4v) is 0.839. The van der Waals surface area contributed by atoms with Crippen LogP contribution in [0.15, 0.2) is 34.5 Å². The van der Waals surface area contributed by atoms with Crippen molar-refractivity contribution in [2.75, 3.05) is 0 Å². The molecule has 0 aliphatic rings. The zero-order valence-electron chi connectivity index (χ0n) is 7.05. The molecule has 0 aromatic heterocycles. The highest BCUT2D eigenvalue weighted by atomic mass is 35.5. The van der Waals surface area contributed by atoms with Crippen LogP contribution in [0.4, 0.5) is 5.69 Å². The van der Waals surface area contributed by atoms with E-state index < -0.39 is 6.04 Å². The Morgan fingerprint density at radius 1 is 1.14 bits per heavy atom. The van der Waals surface area contributed by atoms with Crippen molar-refractivity contribution in [3.8, 4) is 12.1 Å². The van der Waals surface area contributed by atoms with Crippen molar-refractivity contribution in [1.82, 2.24) is 0 Å². The van der Waals surface area contributed by atoms with Gasteiger partial charge in [-0.3, -0.25) is 0 Å². The maximum absolute atomic E-state index is 8.40. The molecule has 0 bridgehead atoms. The normalized spacial score (nSPS) is 10.0. The molecule has 0 unspecified atom stereocenters. The maximum atomic E-state index is 8.40. The van der Waals surface area contributed by atoms with Crippen LogP contribution in [0.25, 0.3) is 0 Å². The molecule has 5 heteroatoms. The van der Waals surface area contributed by atoms with E-state index in [0.717, 1.165) is 0 Å². The van der Waals surface area contributed by atoms with Crippen LogP contribution in [-0.4, -0.2) is 6.04 Å². The van der Waals surface area contributed by atoms with Gasteiger partial charge in [0.1, 0.15) is 12.1 Å². The standard InChI is InChI=1S/C9H5ClN4/c10-7-1-3-8(4-2-7)13-14-9(5-11)6-12/h1-4,9H. The van der Waals surface area contributed by atoms with Gasteiger partial charge < -0.3 is 0 Å². The van der Waals surface area contributed by atoms with E-state index in [1.165, 1.54) is 0 Å². The van der Waals surface area contributed by atoms with E-state index in [1.54, 1.807) is 36.4 Å². The quantitative estimate of drug-likeness (QED) is 0.695. The lowest BCUT2D eigenvalue weighted by molar-refractivity contribution is 0.949. The molecule has 0 aliphatic heterocycles. The molecule has 68 valence electrons. The molecular formula is C9H5ClN4. The van der Waals surface area contributed by atoms with Crippen LogP contribution in [0.5, 0.6) is 0 Å². The van der Waals surface area contributed by atoms with Gasteiger partial charge in [-0.2, -0.15) is 20.8 Å². The molecule has 4 nitrogen and oxygen atoms in total. The Bertz CT molecular complexity index is 396. The van der Waals surface area contributed by atoms with Gasteiger partial charge in [0.05, 0.1) is 5.69 Å². The molecule has 14 heavy (non-hydrogen) atoms. The van der Waals surface area contributed by atoms with E-state index in [4.69, 9.17) is 22.1 Å². The van der Waals surface area contributed by atoms with Crippen molar-refractivity contribution in [2.24, 2.45) is 10.2 Å². The maximum Gasteiger partial charge on any atom is 0.242 e. The molecule has 0 amide bonds. The zero-order chi connectivity index (χ0) is 10.4. The topological polar surface area (TPSA) is 72.3 Å². The van der Waals surface area contributed by atoms with Gasteiger partial charge in [-0.1, -0.05) is 11.6 Å². The van der Waals surface area contributed by atoms with Crippen LogP contribution in [0.3, 0.4) is 0 Å². The predicted octanol–water partition coefficient (Wildman–Crippen LogP) is 2.84. The van der Waals surface area contributed by atoms with Crippen molar-refractivity contribution < 1.29 is 0 Å². The third-order valence-corrected chi connectivity index (χ3v) is 1.61. The van der Waals surface area contributed by atoms with E-state index >= 15 is 0 Å². The summed E-state index contributed by atoms with van der Waals surface area (Å²) in [6.07, 6.45) is 0. The van der Waals surface area contributed by atoms with Crippen molar-refractivity contribution in [2.45, 2.75) is 6.04 Å². The van der Waals surface area contributed by atoms with Crippen LogP contribution in [0, 0.1) is 22.7 Å². The Kier molecular flexibility index (Phi) is 3.60. The minimum absolute atomic E-state index is 0.560. The van der Waals surface area contributed by atoms with Gasteiger partial charge >= 0.3 is 0 Å². The zero-order valence-corrected chi connectivity index (χ0v) is 7.81. The first kappa shape index (κ1) is 10.2. The summed E-state index contributed by atoms with van der Waals surface area (Å²) >= 11 is 5.65. The van der Waals surface area contributed by atoms with E-state index in [-0.39, 0.29) is 0 Å². The number of rotatable bonds is 2. The smallest absolute Gasteiger partial charge is 0.195 e. The van der Waals surface area contributed by atoms with Crippen LogP contribution in [-0.2, 0) is 0 Å². The molecule has 0 saturated carbocycles. The van der Waals surface area contributed by atoms with E-state index in [9.17, 15) is 0 Å². The Labute approximate surface area is 86.1 Å². The second kappa shape index (κ2) is 4.96. The lowest BCUT2D eigenvalue weighted by atomic mass is 10.3. The summed E-state index contributed by atoms with van der Waals surface area (Å²) in [6.45, 7) is 0. The number of benzene rings is 1. The molecule has 0 fully saturated rings. The van der Waals surface area contributed by atoms with E-state index in [0.29, 0.717) is 10.7 Å². The van der Waals surface area contributed by atoms with Gasteiger partial charge in [0.15, 0.2) is 0 Å². The van der Waals surface area contributed by atoms with Crippen LogP contribution in [0.2, 0.25) is 5.02 Å². The molecular weight excluding hydrogens is 200 g/mol. The number of hydrogen-bond acceptors (Lipinski definition) is 4. The third kappa shape index (κ3) is 2.85. The van der Waals surface area contributed by atoms with Gasteiger partial charge in [0, 0.05) is 5.02 Å². The summed E-state index contributed by atoms with van der Waals surface area (Å²) in [7, 11) is 0. The third-order valence-electron chi connectivity index (χ3n) is 1.36. The van der Waals surface area contributed by atoms with Crippen molar-refractivity contribution >= 4 is 17.3 Å².